The summed E-state index contributed by atoms with van der Waals surface area (Å²) in [6.45, 7) is 7.04. The average Bonchev–Trinajstić information content (AvgIpc) is 3.15. The van der Waals surface area contributed by atoms with E-state index >= 15 is 0 Å². The van der Waals surface area contributed by atoms with Crippen molar-refractivity contribution in [2.24, 2.45) is 5.92 Å². The Morgan fingerprint density at radius 1 is 1.06 bits per heavy atom. The first kappa shape index (κ1) is 21.8. The van der Waals surface area contributed by atoms with Gasteiger partial charge in [0.1, 0.15) is 34.2 Å². The van der Waals surface area contributed by atoms with Crippen LogP contribution < -0.4 is 10.1 Å². The molecule has 32 heavy (non-hydrogen) atoms. The number of anilines is 2. The first-order chi connectivity index (χ1) is 15.5. The van der Waals surface area contributed by atoms with Gasteiger partial charge in [0.05, 0.1) is 12.0 Å². The third-order valence-electron chi connectivity index (χ3n) is 4.83. The lowest BCUT2D eigenvalue weighted by molar-refractivity contribution is 0.0478. The van der Waals surface area contributed by atoms with E-state index in [1.807, 2.05) is 61.5 Å². The Morgan fingerprint density at radius 2 is 1.81 bits per heavy atom. The predicted molar refractivity (Wildman–Crippen MR) is 128 cm³/mol. The largest absolute Gasteiger partial charge is 0.493 e. The van der Waals surface area contributed by atoms with Crippen LogP contribution in [0.3, 0.4) is 0 Å². The van der Waals surface area contributed by atoms with Gasteiger partial charge in [-0.05, 0) is 48.2 Å². The molecule has 0 aliphatic heterocycles. The number of rotatable bonds is 8. The monoisotopic (exact) mass is 447 g/mol. The normalized spacial score (nSPS) is 11.0. The van der Waals surface area contributed by atoms with Gasteiger partial charge < -0.3 is 14.8 Å². The zero-order chi connectivity index (χ0) is 22.5. The van der Waals surface area contributed by atoms with Gasteiger partial charge in [0.15, 0.2) is 0 Å². The summed E-state index contributed by atoms with van der Waals surface area (Å²) in [4.78, 5) is 22.8. The molecule has 6 nitrogen and oxygen atoms in total. The molecule has 0 amide bonds. The van der Waals surface area contributed by atoms with E-state index < -0.39 is 0 Å². The Kier molecular flexibility index (Phi) is 6.66. The maximum absolute atomic E-state index is 12.7. The number of esters is 1. The fourth-order valence-corrected chi connectivity index (χ4v) is 4.23. The molecular weight excluding hydrogens is 422 g/mol. The van der Waals surface area contributed by atoms with Crippen molar-refractivity contribution < 1.29 is 14.3 Å². The molecule has 0 saturated carbocycles. The number of hydrogen-bond acceptors (Lipinski definition) is 7. The van der Waals surface area contributed by atoms with Crippen LogP contribution in [0.4, 0.5) is 11.5 Å². The maximum atomic E-state index is 12.7. The third-order valence-corrected chi connectivity index (χ3v) is 6.01. The number of ether oxygens (including phenoxy) is 2. The highest BCUT2D eigenvalue weighted by Gasteiger charge is 2.20. The molecular formula is C25H25N3O3S. The second kappa shape index (κ2) is 9.78. The number of benzene rings is 2. The van der Waals surface area contributed by atoms with Gasteiger partial charge in [-0.3, -0.25) is 0 Å². The molecule has 0 aliphatic carbocycles. The summed E-state index contributed by atoms with van der Waals surface area (Å²) in [7, 11) is 0. The molecule has 0 atom stereocenters. The zero-order valence-corrected chi connectivity index (χ0v) is 19.1. The molecule has 4 aromatic rings. The van der Waals surface area contributed by atoms with E-state index in [9.17, 15) is 4.79 Å². The average molecular weight is 448 g/mol. The molecule has 2 aromatic carbocycles. The number of nitrogens with zero attached hydrogens (tertiary/aromatic N) is 2. The van der Waals surface area contributed by atoms with Crippen LogP contribution in [0.25, 0.3) is 10.2 Å². The van der Waals surface area contributed by atoms with Gasteiger partial charge in [0.25, 0.3) is 0 Å². The van der Waals surface area contributed by atoms with E-state index in [1.54, 1.807) is 0 Å². The van der Waals surface area contributed by atoms with Crippen LogP contribution in [-0.2, 0) is 11.3 Å². The van der Waals surface area contributed by atoms with Crippen molar-refractivity contribution in [2.75, 3.05) is 11.9 Å². The Balaban J connectivity index is 1.52. The Labute approximate surface area is 191 Å². The van der Waals surface area contributed by atoms with Gasteiger partial charge in [-0.1, -0.05) is 44.2 Å². The van der Waals surface area contributed by atoms with Gasteiger partial charge in [-0.2, -0.15) is 0 Å². The fourth-order valence-electron chi connectivity index (χ4n) is 3.18. The molecule has 0 spiro atoms. The van der Waals surface area contributed by atoms with Crippen molar-refractivity contribution in [1.29, 1.82) is 0 Å². The van der Waals surface area contributed by atoms with Gasteiger partial charge in [0.2, 0.25) is 0 Å². The number of aryl methyl sites for hydroxylation is 1. The summed E-state index contributed by atoms with van der Waals surface area (Å²) < 4.78 is 11.3. The lowest BCUT2D eigenvalue weighted by atomic mass is 10.2. The van der Waals surface area contributed by atoms with Crippen molar-refractivity contribution in [3.63, 3.8) is 0 Å². The molecule has 0 saturated heterocycles. The Morgan fingerprint density at radius 3 is 2.53 bits per heavy atom. The molecule has 1 N–H and O–H groups in total. The van der Waals surface area contributed by atoms with Crippen molar-refractivity contribution >= 4 is 39.0 Å². The van der Waals surface area contributed by atoms with Crippen LogP contribution in [0, 0.1) is 12.8 Å². The second-order valence-corrected chi connectivity index (χ2v) is 8.87. The molecule has 164 valence electrons. The van der Waals surface area contributed by atoms with Gasteiger partial charge >= 0.3 is 5.97 Å². The van der Waals surface area contributed by atoms with Crippen molar-refractivity contribution in [3.8, 4) is 5.75 Å². The fraction of sp³-hybridized carbons (Fsp3) is 0.240. The van der Waals surface area contributed by atoms with Crippen LogP contribution in [0.5, 0.6) is 5.75 Å². The Hall–Kier alpha value is -3.45. The first-order valence-electron chi connectivity index (χ1n) is 10.5. The van der Waals surface area contributed by atoms with Gasteiger partial charge in [-0.15, -0.1) is 11.3 Å². The lowest BCUT2D eigenvalue weighted by Crippen LogP contribution is -2.05. The maximum Gasteiger partial charge on any atom is 0.349 e. The minimum Gasteiger partial charge on any atom is -0.493 e. The lowest BCUT2D eigenvalue weighted by Gasteiger charge is -2.10. The molecule has 0 aliphatic rings. The smallest absolute Gasteiger partial charge is 0.349 e. The number of fused-ring (bicyclic) bond motifs is 1. The van der Waals surface area contributed by atoms with E-state index in [2.05, 4.69) is 29.1 Å². The van der Waals surface area contributed by atoms with Crippen molar-refractivity contribution in [2.45, 2.75) is 27.4 Å². The van der Waals surface area contributed by atoms with E-state index in [1.165, 1.54) is 17.7 Å². The van der Waals surface area contributed by atoms with Crippen LogP contribution in [0.2, 0.25) is 0 Å². The van der Waals surface area contributed by atoms with Crippen LogP contribution in [-0.4, -0.2) is 22.5 Å². The van der Waals surface area contributed by atoms with Crippen molar-refractivity contribution in [1.82, 2.24) is 9.97 Å². The highest BCUT2D eigenvalue weighted by atomic mass is 32.1. The summed E-state index contributed by atoms with van der Waals surface area (Å²) in [5.74, 6) is 1.60. The van der Waals surface area contributed by atoms with Gasteiger partial charge in [0, 0.05) is 5.69 Å². The van der Waals surface area contributed by atoms with Gasteiger partial charge in [-0.25, -0.2) is 14.8 Å². The van der Waals surface area contributed by atoms with Crippen LogP contribution >= 0.6 is 11.3 Å². The van der Waals surface area contributed by atoms with Crippen LogP contribution in [0.1, 0.15) is 34.6 Å². The topological polar surface area (TPSA) is 73.3 Å². The molecule has 2 heterocycles. The standard InChI is InChI=1S/C25H25N3O3S/c1-16(2)13-30-20-11-9-19(10-12-20)28-23-21-17(3)22(32-24(21)27-15-26-23)25(29)31-14-18-7-5-4-6-8-18/h4-12,15-16H,13-14H2,1-3H3,(H,26,27,28). The molecule has 7 heteroatoms. The second-order valence-electron chi connectivity index (χ2n) is 7.87. The highest BCUT2D eigenvalue weighted by Crippen LogP contribution is 2.35. The number of hydrogen-bond donors (Lipinski definition) is 1. The number of nitrogens with one attached hydrogen (secondary N) is 1. The van der Waals surface area contributed by atoms with Crippen molar-refractivity contribution in [3.05, 3.63) is 76.9 Å². The number of thiophene rings is 1. The summed E-state index contributed by atoms with van der Waals surface area (Å²) >= 11 is 1.32. The molecule has 2 aromatic heterocycles. The quantitative estimate of drug-likeness (QED) is 0.327. The number of aromatic nitrogens is 2. The first-order valence-corrected chi connectivity index (χ1v) is 11.3. The molecule has 4 rings (SSSR count). The van der Waals surface area contributed by atoms with E-state index in [4.69, 9.17) is 9.47 Å². The van der Waals surface area contributed by atoms with Crippen LogP contribution in [0.15, 0.2) is 60.9 Å². The predicted octanol–water partition coefficient (Wildman–Crippen LogP) is 6.14. The SMILES string of the molecule is Cc1c(C(=O)OCc2ccccc2)sc2ncnc(Nc3ccc(OCC(C)C)cc3)c12. The van der Waals surface area contributed by atoms with E-state index in [-0.39, 0.29) is 12.6 Å². The van der Waals surface area contributed by atoms with E-state index in [0.29, 0.717) is 23.2 Å². The minimum atomic E-state index is -0.355. The highest BCUT2D eigenvalue weighted by molar-refractivity contribution is 7.20. The molecule has 0 radical (unpaired) electrons. The van der Waals surface area contributed by atoms with E-state index in [0.717, 1.165) is 32.8 Å². The summed E-state index contributed by atoms with van der Waals surface area (Å²) in [6, 6.07) is 17.4. The zero-order valence-electron chi connectivity index (χ0n) is 18.3. The number of carbonyl (C=O) groups excluding carboxylic acids is 1. The number of carbonyl (C=O) groups is 1. The summed E-state index contributed by atoms with van der Waals surface area (Å²) in [6.07, 6.45) is 1.50. The third kappa shape index (κ3) is 5.06. The molecule has 0 unspecified atom stereocenters. The Bertz CT molecular complexity index is 1200. The molecule has 0 fully saturated rings. The summed E-state index contributed by atoms with van der Waals surface area (Å²) in [5, 5.41) is 4.16. The molecule has 0 bridgehead atoms. The minimum absolute atomic E-state index is 0.232. The summed E-state index contributed by atoms with van der Waals surface area (Å²) in [5.41, 5.74) is 2.63.